The summed E-state index contributed by atoms with van der Waals surface area (Å²) in [6, 6.07) is 11.8. The maximum Gasteiger partial charge on any atom is 0.263 e. The zero-order chi connectivity index (χ0) is 25.4. The van der Waals surface area contributed by atoms with Crippen molar-refractivity contribution in [2.24, 2.45) is 0 Å². The van der Waals surface area contributed by atoms with Gasteiger partial charge in [-0.25, -0.2) is 17.8 Å². The molecule has 186 valence electrons. The number of amides is 2. The topological polar surface area (TPSA) is 105 Å². The first kappa shape index (κ1) is 23.9. The summed E-state index contributed by atoms with van der Waals surface area (Å²) in [6.07, 6.45) is 3.18. The van der Waals surface area contributed by atoms with E-state index in [0.717, 1.165) is 0 Å². The number of thiazole rings is 1. The fraction of sp³-hybridized carbons (Fsp3) is 0.208. The first-order chi connectivity index (χ1) is 17.2. The molecule has 2 amide bonds. The molecular formula is C24H22FN5O4S2. The minimum Gasteiger partial charge on any atom is -0.333 e. The summed E-state index contributed by atoms with van der Waals surface area (Å²) in [4.78, 5) is 33.0. The molecule has 0 bridgehead atoms. The van der Waals surface area contributed by atoms with Crippen molar-refractivity contribution in [1.82, 2.24) is 14.5 Å². The summed E-state index contributed by atoms with van der Waals surface area (Å²) in [5.41, 5.74) is 0.884. The first-order valence-corrected chi connectivity index (χ1v) is 13.5. The molecule has 4 aromatic rings. The maximum atomic E-state index is 14.4. The minimum atomic E-state index is -3.80. The van der Waals surface area contributed by atoms with Crippen LogP contribution in [-0.2, 0) is 19.6 Å². The molecule has 0 spiro atoms. The van der Waals surface area contributed by atoms with Crippen LogP contribution < -0.4 is 9.62 Å². The number of sulfonamides is 1. The molecular weight excluding hydrogens is 505 g/mol. The molecule has 9 nitrogen and oxygen atoms in total. The molecule has 1 aliphatic heterocycles. The highest BCUT2D eigenvalue weighted by Gasteiger charge is 2.31. The van der Waals surface area contributed by atoms with Crippen LogP contribution in [0.25, 0.3) is 10.9 Å². The monoisotopic (exact) mass is 527 g/mol. The number of benzene rings is 2. The molecule has 3 heterocycles. The lowest BCUT2D eigenvalue weighted by atomic mass is 10.2. The van der Waals surface area contributed by atoms with Crippen LogP contribution in [0.1, 0.15) is 13.0 Å². The number of carbonyl (C=O) groups is 2. The second-order valence-electron chi connectivity index (χ2n) is 8.32. The van der Waals surface area contributed by atoms with E-state index < -0.39 is 21.9 Å². The lowest BCUT2D eigenvalue weighted by Crippen LogP contribution is -2.53. The SMILES string of the molecule is C[C@H](C(=O)N1CCN(c2ccc(S(=O)(=O)Nc3nccs3)cc2)C(=O)C1)n1ccc2cccc(F)c21. The predicted octanol–water partition coefficient (Wildman–Crippen LogP) is 3.47. The molecule has 1 atom stereocenters. The third-order valence-corrected chi connectivity index (χ3v) is 8.28. The maximum absolute atomic E-state index is 14.4. The Morgan fingerprint density at radius 1 is 1.14 bits per heavy atom. The van der Waals surface area contributed by atoms with E-state index in [0.29, 0.717) is 23.1 Å². The Labute approximate surface area is 210 Å². The number of rotatable bonds is 6. The van der Waals surface area contributed by atoms with Crippen molar-refractivity contribution in [3.63, 3.8) is 0 Å². The predicted molar refractivity (Wildman–Crippen MR) is 135 cm³/mol. The summed E-state index contributed by atoms with van der Waals surface area (Å²) in [6.45, 7) is 2.10. The summed E-state index contributed by atoms with van der Waals surface area (Å²) in [5.74, 6) is -0.981. The van der Waals surface area contributed by atoms with Crippen LogP contribution in [0.2, 0.25) is 0 Å². The number of para-hydroxylation sites is 1. The number of hydrogen-bond donors (Lipinski definition) is 1. The molecule has 2 aromatic heterocycles. The van der Waals surface area contributed by atoms with E-state index in [1.165, 1.54) is 45.5 Å². The number of aromatic nitrogens is 2. The van der Waals surface area contributed by atoms with Gasteiger partial charge in [0.15, 0.2) is 5.13 Å². The minimum absolute atomic E-state index is 0.0442. The number of anilines is 2. The van der Waals surface area contributed by atoms with E-state index in [4.69, 9.17) is 0 Å². The summed E-state index contributed by atoms with van der Waals surface area (Å²) in [7, 11) is -3.80. The fourth-order valence-electron chi connectivity index (χ4n) is 4.27. The van der Waals surface area contributed by atoms with Crippen molar-refractivity contribution in [2.75, 3.05) is 29.3 Å². The number of nitrogens with one attached hydrogen (secondary N) is 1. The van der Waals surface area contributed by atoms with E-state index in [2.05, 4.69) is 9.71 Å². The molecule has 12 heteroatoms. The van der Waals surface area contributed by atoms with Gasteiger partial charge in [-0.1, -0.05) is 12.1 Å². The summed E-state index contributed by atoms with van der Waals surface area (Å²) < 4.78 is 43.5. The largest absolute Gasteiger partial charge is 0.333 e. The van der Waals surface area contributed by atoms with Crippen molar-refractivity contribution in [3.05, 3.63) is 72.1 Å². The van der Waals surface area contributed by atoms with Gasteiger partial charge in [0.1, 0.15) is 18.4 Å². The van der Waals surface area contributed by atoms with Gasteiger partial charge >= 0.3 is 0 Å². The van der Waals surface area contributed by atoms with Crippen LogP contribution in [0.15, 0.2) is 71.2 Å². The second-order valence-corrected chi connectivity index (χ2v) is 10.9. The van der Waals surface area contributed by atoms with Crippen LogP contribution in [0, 0.1) is 5.82 Å². The van der Waals surface area contributed by atoms with Crippen LogP contribution in [-0.4, -0.2) is 54.3 Å². The van der Waals surface area contributed by atoms with E-state index in [9.17, 15) is 22.4 Å². The van der Waals surface area contributed by atoms with Gasteiger partial charge in [-0.15, -0.1) is 11.3 Å². The van der Waals surface area contributed by atoms with Gasteiger partial charge in [-0.3, -0.25) is 14.3 Å². The van der Waals surface area contributed by atoms with Crippen molar-refractivity contribution < 1.29 is 22.4 Å². The Bertz CT molecular complexity index is 1530. The Morgan fingerprint density at radius 2 is 1.92 bits per heavy atom. The molecule has 1 N–H and O–H groups in total. The number of piperazine rings is 1. The first-order valence-electron chi connectivity index (χ1n) is 11.1. The molecule has 1 saturated heterocycles. The number of halogens is 1. The van der Waals surface area contributed by atoms with Gasteiger partial charge < -0.3 is 14.4 Å². The van der Waals surface area contributed by atoms with Crippen molar-refractivity contribution in [3.8, 4) is 0 Å². The average molecular weight is 528 g/mol. The van der Waals surface area contributed by atoms with E-state index in [1.54, 1.807) is 53.4 Å². The molecule has 36 heavy (non-hydrogen) atoms. The van der Waals surface area contributed by atoms with Gasteiger partial charge in [0.05, 0.1) is 10.4 Å². The van der Waals surface area contributed by atoms with Crippen molar-refractivity contribution >= 4 is 54.9 Å². The molecule has 0 unspecified atom stereocenters. The van der Waals surface area contributed by atoms with E-state index >= 15 is 0 Å². The van der Waals surface area contributed by atoms with Crippen LogP contribution in [0.4, 0.5) is 15.2 Å². The summed E-state index contributed by atoms with van der Waals surface area (Å²) in [5, 5.41) is 2.62. The number of carbonyl (C=O) groups excluding carboxylic acids is 2. The number of nitrogens with zero attached hydrogens (tertiary/aromatic N) is 4. The smallest absolute Gasteiger partial charge is 0.263 e. The Kier molecular flexibility index (Phi) is 6.22. The highest BCUT2D eigenvalue weighted by molar-refractivity contribution is 7.93. The Balaban J connectivity index is 1.27. The third-order valence-electron chi connectivity index (χ3n) is 6.11. The molecule has 5 rings (SSSR count). The Hall–Kier alpha value is -3.77. The highest BCUT2D eigenvalue weighted by atomic mass is 32.2. The van der Waals surface area contributed by atoms with Crippen molar-refractivity contribution in [1.29, 1.82) is 0 Å². The average Bonchev–Trinajstić information content (AvgIpc) is 3.53. The fourth-order valence-corrected chi connectivity index (χ4v) is 6.06. The third kappa shape index (κ3) is 4.44. The Morgan fingerprint density at radius 3 is 2.61 bits per heavy atom. The van der Waals surface area contributed by atoms with Crippen LogP contribution >= 0.6 is 11.3 Å². The van der Waals surface area contributed by atoms with Gasteiger partial charge in [-0.05, 0) is 43.3 Å². The molecule has 1 fully saturated rings. The van der Waals surface area contributed by atoms with Crippen LogP contribution in [0.5, 0.6) is 0 Å². The number of fused-ring (bicyclic) bond motifs is 1. The van der Waals surface area contributed by atoms with Gasteiger partial charge in [0.25, 0.3) is 10.0 Å². The second kappa shape index (κ2) is 9.36. The van der Waals surface area contributed by atoms with E-state index in [-0.39, 0.29) is 34.9 Å². The van der Waals surface area contributed by atoms with Crippen molar-refractivity contribution in [2.45, 2.75) is 17.9 Å². The lowest BCUT2D eigenvalue weighted by molar-refractivity contribution is -0.139. The van der Waals surface area contributed by atoms with Crippen LogP contribution in [0.3, 0.4) is 0 Å². The zero-order valence-electron chi connectivity index (χ0n) is 19.2. The summed E-state index contributed by atoms with van der Waals surface area (Å²) >= 11 is 1.17. The zero-order valence-corrected chi connectivity index (χ0v) is 20.8. The molecule has 2 aromatic carbocycles. The normalized spacial score (nSPS) is 15.3. The quantitative estimate of drug-likeness (QED) is 0.414. The molecule has 0 aliphatic carbocycles. The van der Waals surface area contributed by atoms with Gasteiger partial charge in [-0.2, -0.15) is 0 Å². The highest BCUT2D eigenvalue weighted by Crippen LogP contribution is 2.26. The van der Waals surface area contributed by atoms with E-state index in [1.807, 2.05) is 0 Å². The van der Waals surface area contributed by atoms with Gasteiger partial charge in [0.2, 0.25) is 11.8 Å². The van der Waals surface area contributed by atoms with Gasteiger partial charge in [0, 0.05) is 41.9 Å². The molecule has 0 saturated carbocycles. The lowest BCUT2D eigenvalue weighted by Gasteiger charge is -2.35. The molecule has 0 radical (unpaired) electrons. The standard InChI is InChI=1S/C24H22FN5O4S2/c1-16(29-11-9-17-3-2-4-20(25)22(17)29)23(32)28-12-13-30(21(31)15-28)18-5-7-19(8-6-18)36(33,34)27-24-26-10-14-35-24/h2-11,14,16H,12-13,15H2,1H3,(H,26,27)/t16-/m1/s1. The molecule has 1 aliphatic rings. The number of hydrogen-bond acceptors (Lipinski definition) is 6.